The molecule has 0 bridgehead atoms. The number of nitrogens with one attached hydrogen (secondary N) is 1. The van der Waals surface area contributed by atoms with Crippen LogP contribution in [0.15, 0.2) is 42.6 Å². The Labute approximate surface area is 144 Å². The van der Waals surface area contributed by atoms with Gasteiger partial charge in [0.1, 0.15) is 0 Å². The number of fused-ring (bicyclic) bond motifs is 1. The Morgan fingerprint density at radius 3 is 2.58 bits per heavy atom. The first kappa shape index (κ1) is 16.7. The zero-order chi connectivity index (χ0) is 17.2. The Hall–Kier alpha value is -2.13. The van der Waals surface area contributed by atoms with Gasteiger partial charge in [0, 0.05) is 17.1 Å². The molecule has 3 aromatic rings. The van der Waals surface area contributed by atoms with Gasteiger partial charge in [0.05, 0.1) is 11.4 Å². The molecule has 0 fully saturated rings. The summed E-state index contributed by atoms with van der Waals surface area (Å²) in [6, 6.07) is 12.8. The number of unbranched alkanes of at least 4 members (excludes halogenated alkanes) is 1. The fourth-order valence-corrected chi connectivity index (χ4v) is 3.15. The van der Waals surface area contributed by atoms with Crippen LogP contribution in [0.5, 0.6) is 0 Å². The van der Waals surface area contributed by atoms with Crippen LogP contribution in [0.4, 0.5) is 0 Å². The molecule has 0 aliphatic rings. The van der Waals surface area contributed by atoms with Crippen LogP contribution in [0, 0.1) is 0 Å². The molecule has 2 heterocycles. The zero-order valence-corrected chi connectivity index (χ0v) is 14.9. The minimum atomic E-state index is 0.144. The number of pyridine rings is 1. The highest BCUT2D eigenvalue weighted by Crippen LogP contribution is 2.33. The summed E-state index contributed by atoms with van der Waals surface area (Å²) < 4.78 is 0. The number of rotatable bonds is 5. The van der Waals surface area contributed by atoms with E-state index in [1.54, 1.807) is 0 Å². The molecule has 0 atom stereocenters. The van der Waals surface area contributed by atoms with E-state index in [0.717, 1.165) is 37.2 Å². The van der Waals surface area contributed by atoms with Gasteiger partial charge < -0.3 is 10.7 Å². The van der Waals surface area contributed by atoms with E-state index in [1.807, 2.05) is 18.3 Å². The lowest BCUT2D eigenvalue weighted by Crippen LogP contribution is -2.10. The van der Waals surface area contributed by atoms with Gasteiger partial charge in [-0.05, 0) is 66.6 Å². The van der Waals surface area contributed by atoms with Gasteiger partial charge in [0.25, 0.3) is 0 Å². The number of nitrogens with zero attached hydrogens (tertiary/aromatic N) is 1. The number of aromatic amines is 1. The number of nitrogens with two attached hydrogens (primary N) is 1. The molecule has 0 aliphatic carbocycles. The Morgan fingerprint density at radius 1 is 1.08 bits per heavy atom. The van der Waals surface area contributed by atoms with Crippen LogP contribution in [0.1, 0.15) is 44.7 Å². The number of aryl methyl sites for hydroxylation is 1. The van der Waals surface area contributed by atoms with Crippen molar-refractivity contribution in [3.05, 3.63) is 53.7 Å². The van der Waals surface area contributed by atoms with E-state index < -0.39 is 0 Å². The maximum Gasteiger partial charge on any atom is 0.0867 e. The lowest BCUT2D eigenvalue weighted by Gasteiger charge is -2.19. The average molecular weight is 321 g/mol. The summed E-state index contributed by atoms with van der Waals surface area (Å²) >= 11 is 0. The maximum absolute atomic E-state index is 5.69. The third kappa shape index (κ3) is 3.36. The summed E-state index contributed by atoms with van der Waals surface area (Å²) in [6.07, 6.45) is 5.03. The average Bonchev–Trinajstić information content (AvgIpc) is 2.93. The van der Waals surface area contributed by atoms with Crippen molar-refractivity contribution < 1.29 is 0 Å². The van der Waals surface area contributed by atoms with Crippen molar-refractivity contribution >= 4 is 10.9 Å². The van der Waals surface area contributed by atoms with Crippen LogP contribution in [-0.4, -0.2) is 16.5 Å². The van der Waals surface area contributed by atoms with E-state index in [0.29, 0.717) is 0 Å². The van der Waals surface area contributed by atoms with Gasteiger partial charge in [-0.15, -0.1) is 0 Å². The molecule has 0 saturated carbocycles. The number of aromatic nitrogens is 2. The molecule has 1 aromatic carbocycles. The third-order valence-electron chi connectivity index (χ3n) is 4.57. The largest absolute Gasteiger partial charge is 0.353 e. The van der Waals surface area contributed by atoms with Gasteiger partial charge in [-0.3, -0.25) is 4.98 Å². The smallest absolute Gasteiger partial charge is 0.0867 e. The van der Waals surface area contributed by atoms with Crippen molar-refractivity contribution in [1.82, 2.24) is 9.97 Å². The number of H-pyrrole nitrogens is 1. The first-order valence-electron chi connectivity index (χ1n) is 8.77. The van der Waals surface area contributed by atoms with Crippen molar-refractivity contribution in [3.63, 3.8) is 0 Å². The monoisotopic (exact) mass is 321 g/mol. The van der Waals surface area contributed by atoms with Gasteiger partial charge in [-0.2, -0.15) is 0 Å². The molecular weight excluding hydrogens is 294 g/mol. The van der Waals surface area contributed by atoms with E-state index in [-0.39, 0.29) is 5.41 Å². The van der Waals surface area contributed by atoms with E-state index in [1.165, 1.54) is 22.0 Å². The predicted molar refractivity (Wildman–Crippen MR) is 102 cm³/mol. The van der Waals surface area contributed by atoms with Crippen LogP contribution in [0.25, 0.3) is 22.3 Å². The lowest BCUT2D eigenvalue weighted by atomic mass is 9.86. The normalized spacial score (nSPS) is 12.0. The topological polar surface area (TPSA) is 54.7 Å². The molecule has 3 rings (SSSR count). The fourth-order valence-electron chi connectivity index (χ4n) is 3.15. The lowest BCUT2D eigenvalue weighted by molar-refractivity contribution is 0.591. The molecular formula is C21H27N3. The molecule has 0 amide bonds. The second-order valence-corrected chi connectivity index (χ2v) is 7.45. The van der Waals surface area contributed by atoms with Crippen molar-refractivity contribution in [2.75, 3.05) is 6.54 Å². The maximum atomic E-state index is 5.69. The summed E-state index contributed by atoms with van der Waals surface area (Å²) in [5.74, 6) is 0. The van der Waals surface area contributed by atoms with Crippen LogP contribution in [-0.2, 0) is 11.8 Å². The summed E-state index contributed by atoms with van der Waals surface area (Å²) in [4.78, 5) is 8.14. The van der Waals surface area contributed by atoms with Crippen molar-refractivity contribution in [3.8, 4) is 11.4 Å². The molecule has 126 valence electrons. The molecule has 0 aliphatic heterocycles. The molecule has 0 unspecified atom stereocenters. The fraction of sp³-hybridized carbons (Fsp3) is 0.381. The van der Waals surface area contributed by atoms with Crippen LogP contribution in [0.3, 0.4) is 0 Å². The highest BCUT2D eigenvalue weighted by atomic mass is 14.8. The third-order valence-corrected chi connectivity index (χ3v) is 4.57. The Kier molecular flexibility index (Phi) is 4.72. The number of hydrogen-bond donors (Lipinski definition) is 2. The highest BCUT2D eigenvalue weighted by Gasteiger charge is 2.18. The summed E-state index contributed by atoms with van der Waals surface area (Å²) in [5, 5.41) is 1.32. The minimum absolute atomic E-state index is 0.144. The quantitative estimate of drug-likeness (QED) is 0.663. The van der Waals surface area contributed by atoms with Crippen LogP contribution >= 0.6 is 0 Å². The Balaban J connectivity index is 2.14. The number of hydrogen-bond acceptors (Lipinski definition) is 2. The van der Waals surface area contributed by atoms with Gasteiger partial charge >= 0.3 is 0 Å². The van der Waals surface area contributed by atoms with E-state index in [4.69, 9.17) is 5.73 Å². The van der Waals surface area contributed by atoms with Crippen LogP contribution < -0.4 is 5.73 Å². The Morgan fingerprint density at radius 2 is 1.92 bits per heavy atom. The second kappa shape index (κ2) is 6.78. The van der Waals surface area contributed by atoms with E-state index in [9.17, 15) is 0 Å². The van der Waals surface area contributed by atoms with Crippen molar-refractivity contribution in [1.29, 1.82) is 0 Å². The Bertz CT molecular complexity index is 810. The summed E-state index contributed by atoms with van der Waals surface area (Å²) in [7, 11) is 0. The summed E-state index contributed by atoms with van der Waals surface area (Å²) in [6.45, 7) is 7.52. The summed E-state index contributed by atoms with van der Waals surface area (Å²) in [5.41, 5.74) is 11.9. The first-order valence-corrected chi connectivity index (χ1v) is 8.77. The SMILES string of the molecule is CC(C)(C)c1ccc2[nH]c(-c3ccccn3)c(CCCCN)c2c1. The highest BCUT2D eigenvalue weighted by molar-refractivity contribution is 5.90. The molecule has 3 nitrogen and oxygen atoms in total. The predicted octanol–water partition coefficient (Wildman–Crippen LogP) is 4.81. The molecule has 0 radical (unpaired) electrons. The molecule has 0 spiro atoms. The van der Waals surface area contributed by atoms with Gasteiger partial charge in [0.2, 0.25) is 0 Å². The van der Waals surface area contributed by atoms with Crippen molar-refractivity contribution in [2.45, 2.75) is 45.4 Å². The van der Waals surface area contributed by atoms with Gasteiger partial charge in [-0.1, -0.05) is 32.9 Å². The van der Waals surface area contributed by atoms with E-state index in [2.05, 4.69) is 55.0 Å². The molecule has 3 N–H and O–H groups in total. The number of benzene rings is 1. The standard InChI is InChI=1S/C21H27N3/c1-21(2,3)15-10-11-18-17(14-15)16(8-4-6-12-22)20(24-18)19-9-5-7-13-23-19/h5,7,9-11,13-14,24H,4,6,8,12,22H2,1-3H3. The van der Waals surface area contributed by atoms with E-state index >= 15 is 0 Å². The zero-order valence-electron chi connectivity index (χ0n) is 14.9. The van der Waals surface area contributed by atoms with Crippen LogP contribution in [0.2, 0.25) is 0 Å². The second-order valence-electron chi connectivity index (χ2n) is 7.45. The molecule has 2 aromatic heterocycles. The van der Waals surface area contributed by atoms with Crippen molar-refractivity contribution in [2.24, 2.45) is 5.73 Å². The minimum Gasteiger partial charge on any atom is -0.353 e. The molecule has 3 heteroatoms. The van der Waals surface area contributed by atoms with Gasteiger partial charge in [-0.25, -0.2) is 0 Å². The van der Waals surface area contributed by atoms with Gasteiger partial charge in [0.15, 0.2) is 0 Å². The molecule has 0 saturated heterocycles. The molecule has 24 heavy (non-hydrogen) atoms. The first-order chi connectivity index (χ1) is 11.5.